The van der Waals surface area contributed by atoms with Gasteiger partial charge >= 0.3 is 73.5 Å². The monoisotopic (exact) mass is 194 g/mol. The van der Waals surface area contributed by atoms with E-state index in [4.69, 9.17) is 14.7 Å². The van der Waals surface area contributed by atoms with Crippen molar-refractivity contribution >= 4 is 7.94 Å². The molecule has 0 aliphatic carbocycles. The Bertz CT molecular complexity index is 129. The molecule has 0 aromatic heterocycles. The summed E-state index contributed by atoms with van der Waals surface area (Å²) in [6.45, 7) is 2.14. The van der Waals surface area contributed by atoms with E-state index in [1.165, 1.54) is 12.8 Å². The third kappa shape index (κ3) is 10.0. The van der Waals surface area contributed by atoms with Crippen molar-refractivity contribution in [3.05, 3.63) is 12.2 Å². The molecule has 0 aliphatic heterocycles. The molecule has 0 bridgehead atoms. The van der Waals surface area contributed by atoms with E-state index in [1.54, 1.807) is 6.08 Å². The van der Waals surface area contributed by atoms with Crippen LogP contribution in [-0.2, 0) is 0 Å². The van der Waals surface area contributed by atoms with Crippen LogP contribution in [0.4, 0.5) is 0 Å². The van der Waals surface area contributed by atoms with E-state index in [2.05, 4.69) is 6.92 Å². The van der Waals surface area contributed by atoms with Crippen molar-refractivity contribution in [3.63, 3.8) is 0 Å². The fourth-order valence-electron chi connectivity index (χ4n) is 0.871. The molecule has 0 saturated carbocycles. The fraction of sp³-hybridized carbons (Fsp3) is 0.750. The molecule has 0 aliphatic rings. The van der Waals surface area contributed by atoms with Gasteiger partial charge < -0.3 is 0 Å². The normalized spacial score (nSPS) is 14.0. The van der Waals surface area contributed by atoms with Crippen LogP contribution in [0.2, 0.25) is 0 Å². The van der Waals surface area contributed by atoms with Crippen LogP contribution < -0.4 is 0 Å². The van der Waals surface area contributed by atoms with Gasteiger partial charge in [-0.05, 0) is 0 Å². The Balaban J connectivity index is 3.26. The molecular weight excluding hydrogens is 175 g/mol. The molecule has 0 aromatic carbocycles. The van der Waals surface area contributed by atoms with Crippen molar-refractivity contribution in [2.24, 2.45) is 0 Å². The Kier molecular flexibility index (Phi) is 6.58. The average Bonchev–Trinajstić information content (AvgIpc) is 1.94. The van der Waals surface area contributed by atoms with Gasteiger partial charge in [0, 0.05) is 0 Å². The molecule has 3 nitrogen and oxygen atoms in total. The predicted octanol–water partition coefficient (Wildman–Crippen LogP) is 1.59. The molecular formula is C8H19O3P. The molecule has 0 unspecified atom stereocenters. The van der Waals surface area contributed by atoms with Crippen LogP contribution in [0.5, 0.6) is 0 Å². The molecule has 3 N–H and O–H groups in total. The van der Waals surface area contributed by atoms with Gasteiger partial charge in [0.15, 0.2) is 0 Å². The van der Waals surface area contributed by atoms with Gasteiger partial charge in [-0.25, -0.2) is 0 Å². The van der Waals surface area contributed by atoms with Crippen LogP contribution >= 0.6 is 7.94 Å². The third-order valence-electron chi connectivity index (χ3n) is 1.53. The fourth-order valence-corrected chi connectivity index (χ4v) is 1.35. The quantitative estimate of drug-likeness (QED) is 0.342. The first kappa shape index (κ1) is 12.0. The van der Waals surface area contributed by atoms with Crippen molar-refractivity contribution in [3.8, 4) is 0 Å². The summed E-state index contributed by atoms with van der Waals surface area (Å²) in [6, 6.07) is 0. The summed E-state index contributed by atoms with van der Waals surface area (Å²) in [6.07, 6.45) is 8.01. The number of hydrogen-bond donors (Lipinski definition) is 3. The predicted molar refractivity (Wildman–Crippen MR) is 53.1 cm³/mol. The molecule has 0 rings (SSSR count). The van der Waals surface area contributed by atoms with E-state index in [1.807, 2.05) is 6.08 Å². The number of hydrogen-bond acceptors (Lipinski definition) is 3. The zero-order valence-corrected chi connectivity index (χ0v) is 8.53. The minimum atomic E-state index is -3.81. The van der Waals surface area contributed by atoms with Crippen LogP contribution in [0.3, 0.4) is 0 Å². The Labute approximate surface area is 74.3 Å². The second kappa shape index (κ2) is 6.55. The SMILES string of the molecule is CCCCCC=CC[PH](O)(O)O. The summed E-state index contributed by atoms with van der Waals surface area (Å²) in [5.74, 6) is 0. The first-order valence-electron chi connectivity index (χ1n) is 4.38. The van der Waals surface area contributed by atoms with Crippen molar-refractivity contribution < 1.29 is 14.7 Å². The Hall–Kier alpha value is 0.0500. The second-order valence-electron chi connectivity index (χ2n) is 2.95. The summed E-state index contributed by atoms with van der Waals surface area (Å²) in [4.78, 5) is 25.9. The molecule has 0 fully saturated rings. The van der Waals surface area contributed by atoms with E-state index in [0.29, 0.717) is 0 Å². The molecule has 0 heterocycles. The van der Waals surface area contributed by atoms with Gasteiger partial charge in [-0.3, -0.25) is 0 Å². The Morgan fingerprint density at radius 3 is 2.25 bits per heavy atom. The summed E-state index contributed by atoms with van der Waals surface area (Å²) in [5.41, 5.74) is 0. The van der Waals surface area contributed by atoms with Crippen molar-refractivity contribution in [1.29, 1.82) is 0 Å². The second-order valence-corrected chi connectivity index (χ2v) is 4.90. The number of rotatable bonds is 6. The molecule has 74 valence electrons. The minimum absolute atomic E-state index is 0.0130. The maximum absolute atomic E-state index is 8.62. The summed E-state index contributed by atoms with van der Waals surface area (Å²) in [5, 5.41) is 0. The van der Waals surface area contributed by atoms with Crippen LogP contribution in [0.15, 0.2) is 12.2 Å². The topological polar surface area (TPSA) is 60.7 Å². The van der Waals surface area contributed by atoms with E-state index >= 15 is 0 Å². The van der Waals surface area contributed by atoms with Gasteiger partial charge in [-0.15, -0.1) is 0 Å². The summed E-state index contributed by atoms with van der Waals surface area (Å²) < 4.78 is 0. The standard InChI is InChI=1S/C8H19O3P/c1-2-3-4-5-6-7-8-12(9,10)11/h6-7,9-12H,2-5,8H2,1H3. The van der Waals surface area contributed by atoms with E-state index in [0.717, 1.165) is 12.8 Å². The Morgan fingerprint density at radius 1 is 1.08 bits per heavy atom. The molecule has 4 heteroatoms. The van der Waals surface area contributed by atoms with Crippen molar-refractivity contribution in [2.45, 2.75) is 32.6 Å². The van der Waals surface area contributed by atoms with Gasteiger partial charge in [0.05, 0.1) is 0 Å². The van der Waals surface area contributed by atoms with Gasteiger partial charge in [-0.1, -0.05) is 0 Å². The summed E-state index contributed by atoms with van der Waals surface area (Å²) in [7, 11) is -3.81. The maximum atomic E-state index is 8.62. The zero-order valence-electron chi connectivity index (χ0n) is 7.53. The van der Waals surface area contributed by atoms with Gasteiger partial charge in [-0.2, -0.15) is 0 Å². The molecule has 0 spiro atoms. The molecule has 0 aromatic rings. The van der Waals surface area contributed by atoms with Crippen LogP contribution in [0, 0.1) is 0 Å². The molecule has 0 radical (unpaired) electrons. The number of allylic oxidation sites excluding steroid dienone is 2. The van der Waals surface area contributed by atoms with Crippen LogP contribution in [0.1, 0.15) is 32.6 Å². The van der Waals surface area contributed by atoms with Crippen molar-refractivity contribution in [1.82, 2.24) is 0 Å². The van der Waals surface area contributed by atoms with E-state index < -0.39 is 7.94 Å². The van der Waals surface area contributed by atoms with Gasteiger partial charge in [0.2, 0.25) is 0 Å². The van der Waals surface area contributed by atoms with Crippen LogP contribution in [-0.4, -0.2) is 20.8 Å². The molecule has 0 atom stereocenters. The van der Waals surface area contributed by atoms with Gasteiger partial charge in [0.1, 0.15) is 0 Å². The Morgan fingerprint density at radius 2 is 1.75 bits per heavy atom. The van der Waals surface area contributed by atoms with E-state index in [-0.39, 0.29) is 6.16 Å². The first-order chi connectivity index (χ1) is 5.56. The van der Waals surface area contributed by atoms with Crippen LogP contribution in [0.25, 0.3) is 0 Å². The zero-order chi connectivity index (χ0) is 9.45. The van der Waals surface area contributed by atoms with E-state index in [9.17, 15) is 0 Å². The number of unbranched alkanes of at least 4 members (excludes halogenated alkanes) is 3. The molecule has 12 heavy (non-hydrogen) atoms. The molecule has 0 saturated heterocycles. The summed E-state index contributed by atoms with van der Waals surface area (Å²) >= 11 is 0. The van der Waals surface area contributed by atoms with Gasteiger partial charge in [0.25, 0.3) is 0 Å². The average molecular weight is 194 g/mol. The first-order valence-corrected chi connectivity index (χ1v) is 6.43. The third-order valence-corrected chi connectivity index (χ3v) is 2.32. The molecule has 0 amide bonds. The van der Waals surface area contributed by atoms with Crippen molar-refractivity contribution in [2.75, 3.05) is 6.16 Å².